The monoisotopic (exact) mass is 561 g/mol. The minimum absolute atomic E-state index is 0.640. The maximum atomic E-state index is 2.69. The quantitative estimate of drug-likeness (QED) is 0.0755. The molecule has 0 N–H and O–H groups in total. The molecule has 0 bridgehead atoms. The van der Waals surface area contributed by atoms with Gasteiger partial charge in [-0.2, -0.15) is 0 Å². The lowest BCUT2D eigenvalue weighted by molar-refractivity contribution is 0.135. The van der Waals surface area contributed by atoms with Crippen LogP contribution in [0.2, 0.25) is 0 Å². The van der Waals surface area contributed by atoms with Gasteiger partial charge in [-0.15, -0.1) is 0 Å². The molecule has 0 fully saturated rings. The van der Waals surface area contributed by atoms with Crippen molar-refractivity contribution in [2.75, 3.05) is 13.1 Å². The van der Waals surface area contributed by atoms with Crippen LogP contribution in [-0.2, 0) is 0 Å². The summed E-state index contributed by atoms with van der Waals surface area (Å²) in [6, 6.07) is 0. The molecule has 0 aliphatic carbocycles. The van der Waals surface area contributed by atoms with Crippen molar-refractivity contribution in [2.24, 2.45) is 0 Å². The molecule has 40 heavy (non-hydrogen) atoms. The zero-order chi connectivity index (χ0) is 28.8. The largest absolute Gasteiger partial charge is 0.356 e. The topological polar surface area (TPSA) is 6.48 Å². The lowest BCUT2D eigenvalue weighted by Crippen LogP contribution is -2.39. The average molecular weight is 561 g/mol. The molecule has 0 saturated heterocycles. The van der Waals surface area contributed by atoms with E-state index in [9.17, 15) is 0 Å². The molecule has 1 unspecified atom stereocenters. The van der Waals surface area contributed by atoms with Crippen molar-refractivity contribution < 1.29 is 0 Å². The summed E-state index contributed by atoms with van der Waals surface area (Å²) in [6.07, 6.45) is 48.5. The molecule has 1 aliphatic rings. The van der Waals surface area contributed by atoms with E-state index in [4.69, 9.17) is 0 Å². The van der Waals surface area contributed by atoms with Crippen LogP contribution >= 0.6 is 0 Å². The first kappa shape index (κ1) is 37.4. The van der Waals surface area contributed by atoms with Gasteiger partial charge in [0, 0.05) is 25.5 Å². The van der Waals surface area contributed by atoms with Crippen LogP contribution in [0.25, 0.3) is 0 Å². The summed E-state index contributed by atoms with van der Waals surface area (Å²) in [5.41, 5.74) is 0. The van der Waals surface area contributed by atoms with Crippen LogP contribution in [0.15, 0.2) is 12.4 Å². The summed E-state index contributed by atoms with van der Waals surface area (Å²) in [6.45, 7) is 9.48. The molecular weight excluding hydrogens is 484 g/mol. The second kappa shape index (κ2) is 29.8. The van der Waals surface area contributed by atoms with E-state index in [0.29, 0.717) is 6.17 Å². The second-order valence-electron chi connectivity index (χ2n) is 13.2. The zero-order valence-corrected chi connectivity index (χ0v) is 28.3. The SMILES string of the molecule is CCCCCCCCCCCCCCCCCN1C=CN(CCCCCCCCCCCCC)C1CCCCC. The Kier molecular flexibility index (Phi) is 27.9. The van der Waals surface area contributed by atoms with E-state index in [1.54, 1.807) is 0 Å². The molecular formula is C38H76N2. The molecule has 1 atom stereocenters. The Hall–Kier alpha value is -0.660. The molecule has 0 spiro atoms. The molecule has 0 radical (unpaired) electrons. The Labute approximate surface area is 254 Å². The van der Waals surface area contributed by atoms with Gasteiger partial charge in [-0.1, -0.05) is 188 Å². The molecule has 238 valence electrons. The smallest absolute Gasteiger partial charge is 0.101 e. The average Bonchev–Trinajstić information content (AvgIpc) is 3.35. The van der Waals surface area contributed by atoms with E-state index in [-0.39, 0.29) is 0 Å². The highest BCUT2D eigenvalue weighted by Gasteiger charge is 2.24. The molecule has 1 heterocycles. The summed E-state index contributed by atoms with van der Waals surface area (Å²) < 4.78 is 0. The first-order valence-electron chi connectivity index (χ1n) is 19.0. The molecule has 1 rings (SSSR count). The number of nitrogens with zero attached hydrogens (tertiary/aromatic N) is 2. The fourth-order valence-corrected chi connectivity index (χ4v) is 6.54. The third kappa shape index (κ3) is 22.0. The van der Waals surface area contributed by atoms with Crippen molar-refractivity contribution in [3.05, 3.63) is 12.4 Å². The highest BCUT2D eigenvalue weighted by Crippen LogP contribution is 2.23. The minimum atomic E-state index is 0.640. The van der Waals surface area contributed by atoms with E-state index in [1.807, 2.05) is 0 Å². The van der Waals surface area contributed by atoms with Gasteiger partial charge in [0.1, 0.15) is 6.17 Å². The standard InChI is InChI=1S/C38H76N2/c1-4-7-10-12-14-16-18-19-20-21-23-25-27-29-32-35-40-37-36-39(38(40)33-30-9-6-3)34-31-28-26-24-22-17-15-13-11-8-5-2/h36-38H,4-35H2,1-3H3. The molecule has 0 aromatic carbocycles. The number of hydrogen-bond donors (Lipinski definition) is 0. The van der Waals surface area contributed by atoms with Gasteiger partial charge in [0.05, 0.1) is 0 Å². The Bertz CT molecular complexity index is 516. The minimum Gasteiger partial charge on any atom is -0.356 e. The summed E-state index contributed by atoms with van der Waals surface area (Å²) >= 11 is 0. The zero-order valence-electron chi connectivity index (χ0n) is 28.3. The van der Waals surface area contributed by atoms with Crippen LogP contribution in [0, 0.1) is 0 Å². The Morgan fingerprint density at radius 3 is 0.875 bits per heavy atom. The van der Waals surface area contributed by atoms with Gasteiger partial charge >= 0.3 is 0 Å². The van der Waals surface area contributed by atoms with E-state index in [1.165, 1.54) is 206 Å². The third-order valence-electron chi connectivity index (χ3n) is 9.32. The van der Waals surface area contributed by atoms with Gasteiger partial charge in [-0.05, 0) is 25.7 Å². The van der Waals surface area contributed by atoms with Crippen molar-refractivity contribution in [3.8, 4) is 0 Å². The predicted octanol–water partition coefficient (Wildman–Crippen LogP) is 13.2. The van der Waals surface area contributed by atoms with Crippen molar-refractivity contribution in [2.45, 2.75) is 220 Å². The molecule has 0 aromatic rings. The summed E-state index contributed by atoms with van der Waals surface area (Å²) in [4.78, 5) is 5.38. The van der Waals surface area contributed by atoms with E-state index >= 15 is 0 Å². The van der Waals surface area contributed by atoms with Crippen molar-refractivity contribution in [3.63, 3.8) is 0 Å². The molecule has 2 nitrogen and oxygen atoms in total. The van der Waals surface area contributed by atoms with Crippen molar-refractivity contribution >= 4 is 0 Å². The van der Waals surface area contributed by atoms with Gasteiger partial charge in [0.25, 0.3) is 0 Å². The summed E-state index contributed by atoms with van der Waals surface area (Å²) in [7, 11) is 0. The van der Waals surface area contributed by atoms with Crippen LogP contribution in [0.3, 0.4) is 0 Å². The fourth-order valence-electron chi connectivity index (χ4n) is 6.54. The van der Waals surface area contributed by atoms with Crippen molar-refractivity contribution in [1.82, 2.24) is 9.80 Å². The summed E-state index contributed by atoms with van der Waals surface area (Å²) in [5.74, 6) is 0. The highest BCUT2D eigenvalue weighted by molar-refractivity contribution is 4.97. The fraction of sp³-hybridized carbons (Fsp3) is 0.947. The Morgan fingerprint density at radius 1 is 0.325 bits per heavy atom. The molecule has 1 aliphatic heterocycles. The van der Waals surface area contributed by atoms with Gasteiger partial charge in [0.2, 0.25) is 0 Å². The van der Waals surface area contributed by atoms with Crippen LogP contribution in [0.5, 0.6) is 0 Å². The van der Waals surface area contributed by atoms with E-state index < -0.39 is 0 Å². The first-order valence-corrected chi connectivity index (χ1v) is 19.0. The highest BCUT2D eigenvalue weighted by atomic mass is 15.4. The van der Waals surface area contributed by atoms with E-state index in [0.717, 1.165) is 0 Å². The van der Waals surface area contributed by atoms with Crippen LogP contribution in [0.4, 0.5) is 0 Å². The molecule has 0 amide bonds. The predicted molar refractivity (Wildman–Crippen MR) is 182 cm³/mol. The van der Waals surface area contributed by atoms with Gasteiger partial charge in [-0.25, -0.2) is 0 Å². The third-order valence-corrected chi connectivity index (χ3v) is 9.32. The van der Waals surface area contributed by atoms with Crippen LogP contribution < -0.4 is 0 Å². The second-order valence-corrected chi connectivity index (χ2v) is 13.2. The molecule has 0 saturated carbocycles. The lowest BCUT2D eigenvalue weighted by atomic mass is 10.0. The normalized spacial score (nSPS) is 15.1. The summed E-state index contributed by atoms with van der Waals surface area (Å²) in [5, 5.41) is 0. The maximum Gasteiger partial charge on any atom is 0.101 e. The Morgan fingerprint density at radius 2 is 0.575 bits per heavy atom. The first-order chi connectivity index (χ1) is 19.8. The number of hydrogen-bond acceptors (Lipinski definition) is 2. The molecule has 0 aromatic heterocycles. The van der Waals surface area contributed by atoms with E-state index in [2.05, 4.69) is 43.0 Å². The molecule has 2 heteroatoms. The van der Waals surface area contributed by atoms with Gasteiger partial charge in [-0.3, -0.25) is 0 Å². The Balaban J connectivity index is 2.05. The van der Waals surface area contributed by atoms with Crippen LogP contribution in [0.1, 0.15) is 213 Å². The maximum absolute atomic E-state index is 2.69. The van der Waals surface area contributed by atoms with Crippen molar-refractivity contribution in [1.29, 1.82) is 0 Å². The number of unbranched alkanes of at least 4 members (excludes halogenated alkanes) is 26. The van der Waals surface area contributed by atoms with Gasteiger partial charge in [0.15, 0.2) is 0 Å². The van der Waals surface area contributed by atoms with Gasteiger partial charge < -0.3 is 9.80 Å². The lowest BCUT2D eigenvalue weighted by Gasteiger charge is -2.33. The number of rotatable bonds is 32. The van der Waals surface area contributed by atoms with Crippen LogP contribution in [-0.4, -0.2) is 29.1 Å².